The van der Waals surface area contributed by atoms with Crippen molar-refractivity contribution in [3.05, 3.63) is 29.3 Å². The summed E-state index contributed by atoms with van der Waals surface area (Å²) < 4.78 is 0. The van der Waals surface area contributed by atoms with Crippen molar-refractivity contribution in [1.29, 1.82) is 5.26 Å². The van der Waals surface area contributed by atoms with Crippen LogP contribution in [0.2, 0.25) is 0 Å². The van der Waals surface area contributed by atoms with Gasteiger partial charge in [-0.15, -0.1) is 0 Å². The minimum atomic E-state index is -0.0525. The number of benzene rings is 1. The SMILES string of the molecule is CC(=O)c1ccc(C#N)cc1NCCNC(=O)CC1CCCCC1. The fourth-order valence-electron chi connectivity index (χ4n) is 3.19. The highest BCUT2D eigenvalue weighted by Gasteiger charge is 2.16. The molecule has 128 valence electrons. The maximum absolute atomic E-state index is 12.0. The fraction of sp³-hybridized carbons (Fsp3) is 0.526. The van der Waals surface area contributed by atoms with Gasteiger partial charge in [-0.2, -0.15) is 5.26 Å². The molecular formula is C19H25N3O2. The topological polar surface area (TPSA) is 82.0 Å². The van der Waals surface area contributed by atoms with Gasteiger partial charge in [-0.1, -0.05) is 19.3 Å². The monoisotopic (exact) mass is 327 g/mol. The molecule has 1 aliphatic carbocycles. The van der Waals surface area contributed by atoms with Crippen LogP contribution in [0, 0.1) is 17.2 Å². The second kappa shape index (κ2) is 9.07. The number of nitriles is 1. The van der Waals surface area contributed by atoms with E-state index in [1.165, 1.54) is 26.2 Å². The van der Waals surface area contributed by atoms with Crippen molar-refractivity contribution in [3.8, 4) is 6.07 Å². The van der Waals surface area contributed by atoms with Gasteiger partial charge in [0.2, 0.25) is 5.91 Å². The quantitative estimate of drug-likeness (QED) is 0.595. The van der Waals surface area contributed by atoms with Gasteiger partial charge in [0.15, 0.2) is 5.78 Å². The Bertz CT molecular complexity index is 628. The average molecular weight is 327 g/mol. The van der Waals surface area contributed by atoms with E-state index in [1.54, 1.807) is 18.2 Å². The number of nitrogens with one attached hydrogen (secondary N) is 2. The van der Waals surface area contributed by atoms with E-state index in [-0.39, 0.29) is 11.7 Å². The smallest absolute Gasteiger partial charge is 0.220 e. The highest BCUT2D eigenvalue weighted by molar-refractivity contribution is 5.99. The van der Waals surface area contributed by atoms with Crippen LogP contribution >= 0.6 is 0 Å². The standard InChI is InChI=1S/C19H25N3O2/c1-14(23)17-8-7-16(13-20)11-18(17)21-9-10-22-19(24)12-15-5-3-2-4-6-15/h7-8,11,15,21H,2-6,9-10,12H2,1H3,(H,22,24). The summed E-state index contributed by atoms with van der Waals surface area (Å²) in [7, 11) is 0. The Morgan fingerprint density at radius 1 is 1.21 bits per heavy atom. The van der Waals surface area contributed by atoms with Gasteiger partial charge in [0.25, 0.3) is 0 Å². The van der Waals surface area contributed by atoms with Gasteiger partial charge >= 0.3 is 0 Å². The summed E-state index contributed by atoms with van der Waals surface area (Å²) >= 11 is 0. The lowest BCUT2D eigenvalue weighted by molar-refractivity contribution is -0.122. The number of carbonyl (C=O) groups is 2. The number of Topliss-reactive ketones (excluding diaryl/α,β-unsaturated/α-hetero) is 1. The van der Waals surface area contributed by atoms with Crippen molar-refractivity contribution in [2.75, 3.05) is 18.4 Å². The number of rotatable bonds is 7. The van der Waals surface area contributed by atoms with Crippen LogP contribution in [0.25, 0.3) is 0 Å². The molecule has 1 fully saturated rings. The number of anilines is 1. The van der Waals surface area contributed by atoms with Crippen LogP contribution in [-0.4, -0.2) is 24.8 Å². The molecule has 0 aromatic heterocycles. The number of amides is 1. The molecule has 0 unspecified atom stereocenters. The van der Waals surface area contributed by atoms with Crippen LogP contribution in [0.15, 0.2) is 18.2 Å². The Hall–Kier alpha value is -2.35. The second-order valence-corrected chi connectivity index (χ2v) is 6.41. The van der Waals surface area contributed by atoms with Gasteiger partial charge in [-0.25, -0.2) is 0 Å². The summed E-state index contributed by atoms with van der Waals surface area (Å²) in [4.78, 5) is 23.6. The highest BCUT2D eigenvalue weighted by Crippen LogP contribution is 2.26. The molecule has 0 heterocycles. The van der Waals surface area contributed by atoms with E-state index in [4.69, 9.17) is 5.26 Å². The summed E-state index contributed by atoms with van der Waals surface area (Å²) in [5, 5.41) is 15.0. The van der Waals surface area contributed by atoms with E-state index in [2.05, 4.69) is 16.7 Å². The molecular weight excluding hydrogens is 302 g/mol. The van der Waals surface area contributed by atoms with Crippen molar-refractivity contribution >= 4 is 17.4 Å². The molecule has 2 rings (SSSR count). The minimum Gasteiger partial charge on any atom is -0.383 e. The van der Waals surface area contributed by atoms with Gasteiger partial charge < -0.3 is 10.6 Å². The first-order chi connectivity index (χ1) is 11.6. The molecule has 5 nitrogen and oxygen atoms in total. The Kier molecular flexibility index (Phi) is 6.80. The van der Waals surface area contributed by atoms with Gasteiger partial charge in [-0.3, -0.25) is 9.59 Å². The first-order valence-corrected chi connectivity index (χ1v) is 8.66. The highest BCUT2D eigenvalue weighted by atomic mass is 16.1. The van der Waals surface area contributed by atoms with Gasteiger partial charge in [0, 0.05) is 30.8 Å². The summed E-state index contributed by atoms with van der Waals surface area (Å²) in [6, 6.07) is 7.02. The van der Waals surface area contributed by atoms with Crippen LogP contribution in [0.4, 0.5) is 5.69 Å². The third kappa shape index (κ3) is 5.38. The number of hydrogen-bond acceptors (Lipinski definition) is 4. The lowest BCUT2D eigenvalue weighted by atomic mass is 9.87. The number of hydrogen-bond donors (Lipinski definition) is 2. The predicted octanol–water partition coefficient (Wildman–Crippen LogP) is 3.26. The summed E-state index contributed by atoms with van der Waals surface area (Å²) in [6.07, 6.45) is 6.71. The predicted molar refractivity (Wildman–Crippen MR) is 93.9 cm³/mol. The molecule has 0 atom stereocenters. The second-order valence-electron chi connectivity index (χ2n) is 6.41. The van der Waals surface area contributed by atoms with Gasteiger partial charge in [0.1, 0.15) is 0 Å². The van der Waals surface area contributed by atoms with Crippen LogP contribution < -0.4 is 10.6 Å². The molecule has 24 heavy (non-hydrogen) atoms. The third-order valence-corrected chi connectivity index (χ3v) is 4.49. The maximum Gasteiger partial charge on any atom is 0.220 e. The zero-order valence-corrected chi connectivity index (χ0v) is 14.2. The van der Waals surface area contributed by atoms with E-state index in [0.29, 0.717) is 42.2 Å². The van der Waals surface area contributed by atoms with Gasteiger partial charge in [0.05, 0.1) is 11.6 Å². The first kappa shape index (κ1) is 18.0. The molecule has 5 heteroatoms. The van der Waals surface area contributed by atoms with Crippen molar-refractivity contribution in [2.24, 2.45) is 5.92 Å². The summed E-state index contributed by atoms with van der Waals surface area (Å²) in [6.45, 7) is 2.52. The van der Waals surface area contributed by atoms with Crippen molar-refractivity contribution in [1.82, 2.24) is 5.32 Å². The van der Waals surface area contributed by atoms with Crippen molar-refractivity contribution in [2.45, 2.75) is 45.4 Å². The van der Waals surface area contributed by atoms with E-state index < -0.39 is 0 Å². The lowest BCUT2D eigenvalue weighted by Gasteiger charge is -2.20. The number of carbonyl (C=O) groups excluding carboxylic acids is 2. The largest absolute Gasteiger partial charge is 0.383 e. The van der Waals surface area contributed by atoms with E-state index in [0.717, 1.165) is 12.8 Å². The lowest BCUT2D eigenvalue weighted by Crippen LogP contribution is -2.30. The molecule has 0 spiro atoms. The number of nitrogens with zero attached hydrogens (tertiary/aromatic N) is 1. The molecule has 1 aromatic rings. The molecule has 0 saturated heterocycles. The Morgan fingerprint density at radius 3 is 2.62 bits per heavy atom. The minimum absolute atomic E-state index is 0.0525. The molecule has 1 amide bonds. The van der Waals surface area contributed by atoms with Crippen LogP contribution in [0.5, 0.6) is 0 Å². The van der Waals surface area contributed by atoms with E-state index in [9.17, 15) is 9.59 Å². The maximum atomic E-state index is 12.0. The zero-order chi connectivity index (χ0) is 17.4. The number of ketones is 1. The van der Waals surface area contributed by atoms with E-state index in [1.807, 2.05) is 0 Å². The van der Waals surface area contributed by atoms with Crippen LogP contribution in [-0.2, 0) is 4.79 Å². The molecule has 1 aliphatic rings. The molecule has 0 bridgehead atoms. The first-order valence-electron chi connectivity index (χ1n) is 8.66. The Labute approximate surface area is 143 Å². The summed E-state index contributed by atoms with van der Waals surface area (Å²) in [5.74, 6) is 0.577. The fourth-order valence-corrected chi connectivity index (χ4v) is 3.19. The third-order valence-electron chi connectivity index (χ3n) is 4.49. The molecule has 1 aromatic carbocycles. The zero-order valence-electron chi connectivity index (χ0n) is 14.2. The normalized spacial score (nSPS) is 14.7. The van der Waals surface area contributed by atoms with Gasteiger partial charge in [-0.05, 0) is 43.9 Å². The van der Waals surface area contributed by atoms with Crippen LogP contribution in [0.3, 0.4) is 0 Å². The van der Waals surface area contributed by atoms with Crippen molar-refractivity contribution < 1.29 is 9.59 Å². The Balaban J connectivity index is 1.78. The molecule has 0 aliphatic heterocycles. The van der Waals surface area contributed by atoms with Crippen LogP contribution in [0.1, 0.15) is 61.4 Å². The molecule has 0 radical (unpaired) electrons. The van der Waals surface area contributed by atoms with Crippen molar-refractivity contribution in [3.63, 3.8) is 0 Å². The average Bonchev–Trinajstić information content (AvgIpc) is 2.59. The molecule has 1 saturated carbocycles. The Morgan fingerprint density at radius 2 is 1.96 bits per heavy atom. The molecule has 2 N–H and O–H groups in total. The van der Waals surface area contributed by atoms with E-state index >= 15 is 0 Å². The summed E-state index contributed by atoms with van der Waals surface area (Å²) in [5.41, 5.74) is 1.70.